The van der Waals surface area contributed by atoms with Gasteiger partial charge in [-0.3, -0.25) is 16.3 Å². The number of rotatable bonds is 4. The fraction of sp³-hybridized carbons (Fsp3) is 0.471. The van der Waals surface area contributed by atoms with Gasteiger partial charge < -0.3 is 0 Å². The fourth-order valence-corrected chi connectivity index (χ4v) is 3.36. The van der Waals surface area contributed by atoms with Crippen molar-refractivity contribution in [2.75, 3.05) is 0 Å². The molecule has 1 aliphatic carbocycles. The van der Waals surface area contributed by atoms with Gasteiger partial charge in [0.15, 0.2) is 0 Å². The van der Waals surface area contributed by atoms with Crippen LogP contribution >= 0.6 is 0 Å². The van der Waals surface area contributed by atoms with Gasteiger partial charge in [0.1, 0.15) is 0 Å². The Morgan fingerprint density at radius 3 is 2.85 bits per heavy atom. The lowest BCUT2D eigenvalue weighted by Crippen LogP contribution is -2.30. The minimum Gasteiger partial charge on any atom is -0.271 e. The van der Waals surface area contributed by atoms with Crippen molar-refractivity contribution in [3.63, 3.8) is 0 Å². The average molecular weight is 269 g/mol. The number of nitrogens with zero attached hydrogens (tertiary/aromatic N) is 1. The second kappa shape index (κ2) is 6.33. The van der Waals surface area contributed by atoms with E-state index in [1.165, 1.54) is 43.1 Å². The molecule has 1 fully saturated rings. The van der Waals surface area contributed by atoms with Crippen molar-refractivity contribution in [2.45, 2.75) is 44.6 Å². The van der Waals surface area contributed by atoms with Gasteiger partial charge in [-0.2, -0.15) is 0 Å². The molecule has 0 radical (unpaired) electrons. The van der Waals surface area contributed by atoms with E-state index in [-0.39, 0.29) is 6.04 Å². The molecule has 1 aliphatic rings. The van der Waals surface area contributed by atoms with Crippen LogP contribution in [0.1, 0.15) is 50.1 Å². The van der Waals surface area contributed by atoms with Crippen LogP contribution in [-0.4, -0.2) is 4.98 Å². The van der Waals surface area contributed by atoms with Gasteiger partial charge in [-0.1, -0.05) is 50.3 Å². The van der Waals surface area contributed by atoms with Gasteiger partial charge in [0, 0.05) is 17.6 Å². The van der Waals surface area contributed by atoms with E-state index in [1.54, 1.807) is 0 Å². The van der Waals surface area contributed by atoms with Gasteiger partial charge in [0.05, 0.1) is 5.52 Å². The van der Waals surface area contributed by atoms with Crippen LogP contribution in [0, 0.1) is 5.92 Å². The number of aromatic nitrogens is 1. The lowest BCUT2D eigenvalue weighted by Gasteiger charge is -2.26. The zero-order chi connectivity index (χ0) is 13.8. The Hall–Kier alpha value is -1.45. The second-order valence-corrected chi connectivity index (χ2v) is 5.91. The number of nitrogens with one attached hydrogen (secondary N) is 1. The Morgan fingerprint density at radius 2 is 2.05 bits per heavy atom. The highest BCUT2D eigenvalue weighted by molar-refractivity contribution is 5.78. The SMILES string of the molecule is NNC(CC1CCCCC1)c1ccc2cccnc2c1. The Balaban J connectivity index is 1.79. The summed E-state index contributed by atoms with van der Waals surface area (Å²) >= 11 is 0. The Kier molecular flexibility index (Phi) is 4.28. The first-order valence-electron chi connectivity index (χ1n) is 7.67. The van der Waals surface area contributed by atoms with Crippen molar-refractivity contribution in [2.24, 2.45) is 11.8 Å². The van der Waals surface area contributed by atoms with Gasteiger partial charge >= 0.3 is 0 Å². The summed E-state index contributed by atoms with van der Waals surface area (Å²) in [6, 6.07) is 10.8. The van der Waals surface area contributed by atoms with Crippen LogP contribution in [0.5, 0.6) is 0 Å². The number of benzene rings is 1. The summed E-state index contributed by atoms with van der Waals surface area (Å²) in [4.78, 5) is 4.44. The molecule has 0 aliphatic heterocycles. The maximum atomic E-state index is 5.80. The number of hydrogen-bond donors (Lipinski definition) is 2. The molecular formula is C17H23N3. The van der Waals surface area contributed by atoms with Crippen molar-refractivity contribution in [1.82, 2.24) is 10.4 Å². The van der Waals surface area contributed by atoms with Gasteiger partial charge in [0.25, 0.3) is 0 Å². The van der Waals surface area contributed by atoms with Crippen LogP contribution in [0.2, 0.25) is 0 Å². The summed E-state index contributed by atoms with van der Waals surface area (Å²) in [5.74, 6) is 6.61. The summed E-state index contributed by atoms with van der Waals surface area (Å²) in [6.07, 6.45) is 9.83. The molecule has 1 atom stereocenters. The monoisotopic (exact) mass is 269 g/mol. The zero-order valence-electron chi connectivity index (χ0n) is 11.9. The lowest BCUT2D eigenvalue weighted by atomic mass is 9.83. The molecule has 3 nitrogen and oxygen atoms in total. The zero-order valence-corrected chi connectivity index (χ0v) is 11.9. The second-order valence-electron chi connectivity index (χ2n) is 5.91. The highest BCUT2D eigenvalue weighted by Gasteiger charge is 2.19. The smallest absolute Gasteiger partial charge is 0.0705 e. The lowest BCUT2D eigenvalue weighted by molar-refractivity contribution is 0.301. The number of hydrogen-bond acceptors (Lipinski definition) is 3. The molecule has 106 valence electrons. The van der Waals surface area contributed by atoms with Crippen molar-refractivity contribution < 1.29 is 0 Å². The van der Waals surface area contributed by atoms with E-state index in [0.717, 1.165) is 17.9 Å². The highest BCUT2D eigenvalue weighted by atomic mass is 15.2. The van der Waals surface area contributed by atoms with E-state index in [0.29, 0.717) is 0 Å². The van der Waals surface area contributed by atoms with Crippen LogP contribution in [-0.2, 0) is 0 Å². The van der Waals surface area contributed by atoms with E-state index < -0.39 is 0 Å². The third kappa shape index (κ3) is 3.00. The Bertz CT molecular complexity index is 561. The van der Waals surface area contributed by atoms with Gasteiger partial charge in [-0.25, -0.2) is 0 Å². The molecule has 0 amide bonds. The van der Waals surface area contributed by atoms with Crippen LogP contribution in [0.25, 0.3) is 10.9 Å². The van der Waals surface area contributed by atoms with Crippen LogP contribution < -0.4 is 11.3 Å². The molecule has 0 bridgehead atoms. The van der Waals surface area contributed by atoms with Crippen LogP contribution in [0.4, 0.5) is 0 Å². The first-order chi connectivity index (χ1) is 9.86. The van der Waals surface area contributed by atoms with Gasteiger partial charge in [-0.05, 0) is 30.0 Å². The van der Waals surface area contributed by atoms with E-state index in [4.69, 9.17) is 5.84 Å². The first-order valence-corrected chi connectivity index (χ1v) is 7.67. The topological polar surface area (TPSA) is 50.9 Å². The molecule has 0 saturated heterocycles. The fourth-order valence-electron chi connectivity index (χ4n) is 3.36. The van der Waals surface area contributed by atoms with E-state index in [1.807, 2.05) is 12.3 Å². The Labute approximate surface area is 120 Å². The third-order valence-electron chi connectivity index (χ3n) is 4.53. The molecule has 3 N–H and O–H groups in total. The van der Waals surface area contributed by atoms with E-state index >= 15 is 0 Å². The van der Waals surface area contributed by atoms with Crippen molar-refractivity contribution >= 4 is 10.9 Å². The molecule has 0 spiro atoms. The maximum Gasteiger partial charge on any atom is 0.0705 e. The Morgan fingerprint density at radius 1 is 1.20 bits per heavy atom. The largest absolute Gasteiger partial charge is 0.271 e. The minimum absolute atomic E-state index is 0.240. The summed E-state index contributed by atoms with van der Waals surface area (Å²) < 4.78 is 0. The number of hydrazine groups is 1. The molecule has 1 unspecified atom stereocenters. The van der Waals surface area contributed by atoms with Gasteiger partial charge in [0.2, 0.25) is 0 Å². The molecular weight excluding hydrogens is 246 g/mol. The van der Waals surface area contributed by atoms with E-state index in [9.17, 15) is 0 Å². The van der Waals surface area contributed by atoms with Crippen molar-refractivity contribution in [1.29, 1.82) is 0 Å². The molecule has 1 heterocycles. The standard InChI is InChI=1S/C17H23N3/c18-20-17(11-13-5-2-1-3-6-13)15-9-8-14-7-4-10-19-16(14)12-15/h4,7-10,12-13,17,20H,1-3,5-6,11,18H2. The quantitative estimate of drug-likeness (QED) is 0.657. The van der Waals surface area contributed by atoms with Crippen LogP contribution in [0.15, 0.2) is 36.5 Å². The normalized spacial score (nSPS) is 18.2. The molecule has 3 rings (SSSR count). The minimum atomic E-state index is 0.240. The van der Waals surface area contributed by atoms with Crippen molar-refractivity contribution in [3.05, 3.63) is 42.1 Å². The summed E-state index contributed by atoms with van der Waals surface area (Å²) in [5.41, 5.74) is 5.31. The molecule has 1 aromatic carbocycles. The number of fused-ring (bicyclic) bond motifs is 1. The molecule has 3 heteroatoms. The van der Waals surface area contributed by atoms with Gasteiger partial charge in [-0.15, -0.1) is 0 Å². The molecule has 1 saturated carbocycles. The summed E-state index contributed by atoms with van der Waals surface area (Å²) in [6.45, 7) is 0. The third-order valence-corrected chi connectivity index (χ3v) is 4.53. The maximum absolute atomic E-state index is 5.80. The summed E-state index contributed by atoms with van der Waals surface area (Å²) in [7, 11) is 0. The van der Waals surface area contributed by atoms with E-state index in [2.05, 4.69) is 34.7 Å². The highest BCUT2D eigenvalue weighted by Crippen LogP contribution is 2.32. The predicted molar refractivity (Wildman–Crippen MR) is 83.0 cm³/mol. The summed E-state index contributed by atoms with van der Waals surface area (Å²) in [5, 5.41) is 1.18. The average Bonchev–Trinajstić information content (AvgIpc) is 2.53. The molecule has 2 aromatic rings. The molecule has 20 heavy (non-hydrogen) atoms. The number of pyridine rings is 1. The first kappa shape index (κ1) is 13.5. The van der Waals surface area contributed by atoms with Crippen LogP contribution in [0.3, 0.4) is 0 Å². The van der Waals surface area contributed by atoms with Crippen molar-refractivity contribution in [3.8, 4) is 0 Å². The molecule has 1 aromatic heterocycles. The number of nitrogens with two attached hydrogens (primary N) is 1. The predicted octanol–water partition coefficient (Wildman–Crippen LogP) is 3.71.